The standard InChI is InChI=1S/C11H14N2O2S3/c1-17-13(18-2)10(16)6-4-8-3-5-9(11(14)15)12-7-8/h3,5,7H,4,6H2,1-2H3,(H,14,15). The average molecular weight is 302 g/mol. The first-order chi connectivity index (χ1) is 8.58. The summed E-state index contributed by atoms with van der Waals surface area (Å²) >= 11 is 8.47. The lowest BCUT2D eigenvalue weighted by atomic mass is 10.1. The topological polar surface area (TPSA) is 53.4 Å². The molecule has 1 rings (SSSR count). The van der Waals surface area contributed by atoms with Crippen molar-refractivity contribution in [1.29, 1.82) is 0 Å². The fourth-order valence-corrected chi connectivity index (χ4v) is 3.06. The molecule has 4 nitrogen and oxygen atoms in total. The van der Waals surface area contributed by atoms with Gasteiger partial charge in [-0.1, -0.05) is 18.3 Å². The van der Waals surface area contributed by atoms with Gasteiger partial charge in [0.2, 0.25) is 0 Å². The lowest BCUT2D eigenvalue weighted by Gasteiger charge is -2.18. The largest absolute Gasteiger partial charge is 0.477 e. The van der Waals surface area contributed by atoms with Crippen LogP contribution in [-0.4, -0.2) is 37.3 Å². The Bertz CT molecular complexity index is 419. The molecule has 98 valence electrons. The molecule has 0 unspecified atom stereocenters. The highest BCUT2D eigenvalue weighted by Crippen LogP contribution is 2.19. The van der Waals surface area contributed by atoms with Crippen LogP contribution in [0.5, 0.6) is 0 Å². The van der Waals surface area contributed by atoms with Crippen molar-refractivity contribution in [2.45, 2.75) is 12.8 Å². The molecule has 0 saturated heterocycles. The number of carboxylic acid groups (broad SMARTS) is 1. The number of hydrogen-bond acceptors (Lipinski definition) is 5. The molecule has 0 spiro atoms. The summed E-state index contributed by atoms with van der Waals surface area (Å²) in [6.45, 7) is 0. The van der Waals surface area contributed by atoms with E-state index >= 15 is 0 Å². The minimum atomic E-state index is -1.01. The summed E-state index contributed by atoms with van der Waals surface area (Å²) in [6.07, 6.45) is 7.07. The van der Waals surface area contributed by atoms with Crippen LogP contribution in [-0.2, 0) is 6.42 Å². The van der Waals surface area contributed by atoms with Crippen molar-refractivity contribution in [3.63, 3.8) is 0 Å². The maximum atomic E-state index is 10.6. The smallest absolute Gasteiger partial charge is 0.354 e. The highest BCUT2D eigenvalue weighted by Gasteiger charge is 2.08. The number of rotatable bonds is 6. The van der Waals surface area contributed by atoms with Crippen molar-refractivity contribution in [1.82, 2.24) is 8.69 Å². The van der Waals surface area contributed by atoms with E-state index < -0.39 is 5.97 Å². The Kier molecular flexibility index (Phi) is 6.45. The molecule has 0 aliphatic carbocycles. The molecule has 0 bridgehead atoms. The zero-order valence-electron chi connectivity index (χ0n) is 10.1. The summed E-state index contributed by atoms with van der Waals surface area (Å²) < 4.78 is 1.98. The second-order valence-electron chi connectivity index (χ2n) is 3.37. The first-order valence-corrected chi connectivity index (χ1v) is 7.95. The predicted octanol–water partition coefficient (Wildman–Crippen LogP) is 2.90. The maximum absolute atomic E-state index is 10.6. The SMILES string of the molecule is CSN(SC)C(=S)CCc1ccc(C(=O)O)nc1. The summed E-state index contributed by atoms with van der Waals surface area (Å²) in [6, 6.07) is 3.29. The normalized spacial score (nSPS) is 10.1. The van der Waals surface area contributed by atoms with Crippen LogP contribution in [0.25, 0.3) is 0 Å². The highest BCUT2D eigenvalue weighted by molar-refractivity contribution is 8.13. The second kappa shape index (κ2) is 7.60. The van der Waals surface area contributed by atoms with Crippen LogP contribution in [0, 0.1) is 0 Å². The molecule has 0 amide bonds. The summed E-state index contributed by atoms with van der Waals surface area (Å²) in [7, 11) is 0. The van der Waals surface area contributed by atoms with Crippen LogP contribution in [0.3, 0.4) is 0 Å². The summed E-state index contributed by atoms with van der Waals surface area (Å²) in [5.74, 6) is -1.01. The number of hydrogen-bond donors (Lipinski definition) is 1. The van der Waals surface area contributed by atoms with Gasteiger partial charge in [-0.3, -0.25) is 3.71 Å². The van der Waals surface area contributed by atoms with Crippen molar-refractivity contribution in [2.75, 3.05) is 12.5 Å². The second-order valence-corrected chi connectivity index (χ2v) is 5.54. The molecular weight excluding hydrogens is 288 g/mol. The average Bonchev–Trinajstić information content (AvgIpc) is 2.38. The van der Waals surface area contributed by atoms with Gasteiger partial charge in [-0.05, 0) is 41.9 Å². The van der Waals surface area contributed by atoms with Gasteiger partial charge in [0.25, 0.3) is 0 Å². The van der Waals surface area contributed by atoms with Crippen LogP contribution in [0.1, 0.15) is 22.5 Å². The Labute approximate surface area is 120 Å². The van der Waals surface area contributed by atoms with Crippen LogP contribution >= 0.6 is 36.1 Å². The van der Waals surface area contributed by atoms with E-state index in [9.17, 15) is 4.79 Å². The lowest BCUT2D eigenvalue weighted by Crippen LogP contribution is -2.14. The first kappa shape index (κ1) is 15.3. The first-order valence-electron chi connectivity index (χ1n) is 5.18. The molecule has 1 aromatic heterocycles. The molecule has 1 heterocycles. The number of carboxylic acids is 1. The van der Waals surface area contributed by atoms with E-state index in [1.807, 2.05) is 16.2 Å². The number of carbonyl (C=O) groups is 1. The third-order valence-corrected chi connectivity index (χ3v) is 4.82. The van der Waals surface area contributed by atoms with Gasteiger partial charge in [0.05, 0.1) is 4.99 Å². The van der Waals surface area contributed by atoms with E-state index in [-0.39, 0.29) is 5.69 Å². The Balaban J connectivity index is 2.53. The number of pyridine rings is 1. The van der Waals surface area contributed by atoms with Gasteiger partial charge in [-0.15, -0.1) is 0 Å². The van der Waals surface area contributed by atoms with E-state index in [4.69, 9.17) is 17.3 Å². The van der Waals surface area contributed by atoms with Gasteiger partial charge in [-0.2, -0.15) is 0 Å². The molecule has 0 fully saturated rings. The minimum Gasteiger partial charge on any atom is -0.477 e. The maximum Gasteiger partial charge on any atom is 0.354 e. The van der Waals surface area contributed by atoms with Crippen LogP contribution in [0.15, 0.2) is 18.3 Å². The van der Waals surface area contributed by atoms with Gasteiger partial charge >= 0.3 is 5.97 Å². The summed E-state index contributed by atoms with van der Waals surface area (Å²) in [5.41, 5.74) is 1.06. The van der Waals surface area contributed by atoms with E-state index in [0.717, 1.165) is 23.4 Å². The van der Waals surface area contributed by atoms with E-state index in [0.29, 0.717) is 0 Å². The fraction of sp³-hybridized carbons (Fsp3) is 0.364. The summed E-state index contributed by atoms with van der Waals surface area (Å²) in [4.78, 5) is 15.4. The predicted molar refractivity (Wildman–Crippen MR) is 81.0 cm³/mol. The van der Waals surface area contributed by atoms with Crippen LogP contribution in [0.4, 0.5) is 0 Å². The molecular formula is C11H14N2O2S3. The Hall–Kier alpha value is -0.790. The Morgan fingerprint density at radius 3 is 2.56 bits per heavy atom. The van der Waals surface area contributed by atoms with Crippen molar-refractivity contribution in [3.05, 3.63) is 29.6 Å². The molecule has 0 aliphatic rings. The highest BCUT2D eigenvalue weighted by atomic mass is 32.2. The minimum absolute atomic E-state index is 0.0659. The molecule has 1 N–H and O–H groups in total. The molecule has 0 saturated carbocycles. The van der Waals surface area contributed by atoms with E-state index in [2.05, 4.69) is 4.98 Å². The number of aromatic nitrogens is 1. The van der Waals surface area contributed by atoms with Crippen LogP contribution in [0.2, 0.25) is 0 Å². The van der Waals surface area contributed by atoms with Gasteiger partial charge < -0.3 is 5.11 Å². The Morgan fingerprint density at radius 2 is 2.11 bits per heavy atom. The zero-order chi connectivity index (χ0) is 13.5. The number of nitrogens with zero attached hydrogens (tertiary/aromatic N) is 2. The monoisotopic (exact) mass is 302 g/mol. The number of aromatic carboxylic acids is 1. The number of thiocarbonyl (C=S) groups is 1. The van der Waals surface area contributed by atoms with Gasteiger partial charge in [0.1, 0.15) is 5.69 Å². The molecule has 0 aromatic carbocycles. The van der Waals surface area contributed by atoms with Crippen molar-refractivity contribution in [2.24, 2.45) is 0 Å². The molecule has 1 aromatic rings. The third-order valence-electron chi connectivity index (χ3n) is 2.21. The third kappa shape index (κ3) is 4.47. The van der Waals surface area contributed by atoms with Gasteiger partial charge in [-0.25, -0.2) is 9.78 Å². The molecule has 0 atom stereocenters. The van der Waals surface area contributed by atoms with Crippen molar-refractivity contribution >= 4 is 47.1 Å². The molecule has 18 heavy (non-hydrogen) atoms. The lowest BCUT2D eigenvalue weighted by molar-refractivity contribution is 0.0690. The fourth-order valence-electron chi connectivity index (χ4n) is 1.32. The number of aryl methyl sites for hydroxylation is 1. The van der Waals surface area contributed by atoms with Gasteiger partial charge in [0, 0.05) is 25.1 Å². The van der Waals surface area contributed by atoms with Crippen molar-refractivity contribution < 1.29 is 9.90 Å². The van der Waals surface area contributed by atoms with Crippen LogP contribution < -0.4 is 0 Å². The molecule has 7 heteroatoms. The van der Waals surface area contributed by atoms with E-state index in [1.54, 1.807) is 36.2 Å². The summed E-state index contributed by atoms with van der Waals surface area (Å²) in [5, 5.41) is 8.73. The molecule has 0 radical (unpaired) electrons. The van der Waals surface area contributed by atoms with Crippen molar-refractivity contribution in [3.8, 4) is 0 Å². The van der Waals surface area contributed by atoms with E-state index in [1.165, 1.54) is 6.07 Å². The zero-order valence-corrected chi connectivity index (χ0v) is 12.6. The molecule has 0 aliphatic heterocycles. The quantitative estimate of drug-likeness (QED) is 0.640. The Morgan fingerprint density at radius 1 is 1.44 bits per heavy atom. The van der Waals surface area contributed by atoms with Gasteiger partial charge in [0.15, 0.2) is 0 Å².